The maximum atomic E-state index is 12.1. The maximum absolute atomic E-state index is 12.1. The second kappa shape index (κ2) is 5.92. The van der Waals surface area contributed by atoms with Gasteiger partial charge in [-0.05, 0) is 43.9 Å². The molecule has 0 aromatic carbocycles. The van der Waals surface area contributed by atoms with Crippen molar-refractivity contribution in [1.82, 2.24) is 10.6 Å². The molecule has 0 saturated carbocycles. The predicted molar refractivity (Wildman–Crippen MR) is 68.7 cm³/mol. The van der Waals surface area contributed by atoms with Crippen molar-refractivity contribution in [2.45, 2.75) is 44.7 Å². The van der Waals surface area contributed by atoms with Crippen LogP contribution in [0.15, 0.2) is 0 Å². The van der Waals surface area contributed by atoms with Crippen LogP contribution in [0.5, 0.6) is 0 Å². The fourth-order valence-corrected chi connectivity index (χ4v) is 3.62. The highest BCUT2D eigenvalue weighted by molar-refractivity contribution is 7.99. The molecule has 2 heterocycles. The van der Waals surface area contributed by atoms with Gasteiger partial charge in [0.2, 0.25) is 5.91 Å². The molecule has 0 aromatic heterocycles. The number of carbonyl (C=O) groups excluding carboxylic acids is 1. The van der Waals surface area contributed by atoms with E-state index in [4.69, 9.17) is 0 Å². The SMILES string of the molecule is CC1CCCNC1C(=O)NC1CCCSC1. The second-order valence-corrected chi connectivity index (χ2v) is 6.12. The Morgan fingerprint density at radius 1 is 1.38 bits per heavy atom. The van der Waals surface area contributed by atoms with Crippen LogP contribution in [0.25, 0.3) is 0 Å². The van der Waals surface area contributed by atoms with Gasteiger partial charge in [-0.1, -0.05) is 6.92 Å². The Kier molecular flexibility index (Phi) is 4.53. The highest BCUT2D eigenvalue weighted by atomic mass is 32.2. The summed E-state index contributed by atoms with van der Waals surface area (Å²) in [6, 6.07) is 0.447. The molecule has 2 N–H and O–H groups in total. The maximum Gasteiger partial charge on any atom is 0.237 e. The fraction of sp³-hybridized carbons (Fsp3) is 0.917. The minimum Gasteiger partial charge on any atom is -0.351 e. The van der Waals surface area contributed by atoms with E-state index < -0.39 is 0 Å². The van der Waals surface area contributed by atoms with Crippen LogP contribution in [0.4, 0.5) is 0 Å². The van der Waals surface area contributed by atoms with Gasteiger partial charge >= 0.3 is 0 Å². The van der Waals surface area contributed by atoms with Gasteiger partial charge in [0, 0.05) is 11.8 Å². The fourth-order valence-electron chi connectivity index (χ4n) is 2.55. The first-order chi connectivity index (χ1) is 7.77. The van der Waals surface area contributed by atoms with Crippen LogP contribution in [0.2, 0.25) is 0 Å². The van der Waals surface area contributed by atoms with Crippen molar-refractivity contribution in [3.05, 3.63) is 0 Å². The Balaban J connectivity index is 1.81. The summed E-state index contributed by atoms with van der Waals surface area (Å²) in [5.74, 6) is 3.04. The summed E-state index contributed by atoms with van der Waals surface area (Å²) in [5, 5.41) is 6.54. The van der Waals surface area contributed by atoms with E-state index in [0.29, 0.717) is 12.0 Å². The van der Waals surface area contributed by atoms with Crippen LogP contribution < -0.4 is 10.6 Å². The van der Waals surface area contributed by atoms with E-state index >= 15 is 0 Å². The van der Waals surface area contributed by atoms with Gasteiger partial charge in [0.15, 0.2) is 0 Å². The van der Waals surface area contributed by atoms with E-state index in [-0.39, 0.29) is 11.9 Å². The molecule has 92 valence electrons. The number of hydrogen-bond donors (Lipinski definition) is 2. The molecule has 3 nitrogen and oxygen atoms in total. The van der Waals surface area contributed by atoms with Crippen LogP contribution in [0.1, 0.15) is 32.6 Å². The number of thioether (sulfide) groups is 1. The molecule has 2 fully saturated rings. The molecule has 1 amide bonds. The Morgan fingerprint density at radius 3 is 2.94 bits per heavy atom. The standard InChI is InChI=1S/C12H22N2OS/c1-9-4-2-6-13-11(9)12(15)14-10-5-3-7-16-8-10/h9-11,13H,2-8H2,1H3,(H,14,15). The molecule has 0 bridgehead atoms. The Bertz CT molecular complexity index is 241. The number of amides is 1. The zero-order chi connectivity index (χ0) is 11.4. The van der Waals surface area contributed by atoms with Crippen molar-refractivity contribution in [3.8, 4) is 0 Å². The van der Waals surface area contributed by atoms with E-state index in [1.54, 1.807) is 0 Å². The van der Waals surface area contributed by atoms with Gasteiger partial charge in [0.1, 0.15) is 0 Å². The molecule has 0 aromatic rings. The van der Waals surface area contributed by atoms with Crippen molar-refractivity contribution in [3.63, 3.8) is 0 Å². The van der Waals surface area contributed by atoms with Gasteiger partial charge in [-0.3, -0.25) is 4.79 Å². The first-order valence-corrected chi connectivity index (χ1v) is 7.54. The van der Waals surface area contributed by atoms with Crippen LogP contribution in [0, 0.1) is 5.92 Å². The summed E-state index contributed by atoms with van der Waals surface area (Å²) in [6.45, 7) is 3.16. The first-order valence-electron chi connectivity index (χ1n) is 6.39. The van der Waals surface area contributed by atoms with Gasteiger partial charge in [-0.2, -0.15) is 11.8 Å². The quantitative estimate of drug-likeness (QED) is 0.769. The number of nitrogens with one attached hydrogen (secondary N) is 2. The largest absolute Gasteiger partial charge is 0.351 e. The monoisotopic (exact) mass is 242 g/mol. The summed E-state index contributed by atoms with van der Waals surface area (Å²) >= 11 is 1.96. The number of piperidine rings is 1. The van der Waals surface area contributed by atoms with Crippen LogP contribution in [-0.2, 0) is 4.79 Å². The highest BCUT2D eigenvalue weighted by Gasteiger charge is 2.28. The summed E-state index contributed by atoms with van der Waals surface area (Å²) in [7, 11) is 0. The van der Waals surface area contributed by atoms with Crippen molar-refractivity contribution >= 4 is 17.7 Å². The topological polar surface area (TPSA) is 41.1 Å². The van der Waals surface area contributed by atoms with Gasteiger partial charge in [-0.15, -0.1) is 0 Å². The molecule has 2 aliphatic heterocycles. The molecule has 3 unspecified atom stereocenters. The third-order valence-electron chi connectivity index (χ3n) is 3.56. The van der Waals surface area contributed by atoms with Crippen LogP contribution in [-0.4, -0.2) is 36.0 Å². The van der Waals surface area contributed by atoms with E-state index in [1.807, 2.05) is 11.8 Å². The zero-order valence-corrected chi connectivity index (χ0v) is 10.8. The summed E-state index contributed by atoms with van der Waals surface area (Å²) in [4.78, 5) is 12.1. The van der Waals surface area contributed by atoms with Crippen LogP contribution >= 0.6 is 11.8 Å². The van der Waals surface area contributed by atoms with Gasteiger partial charge in [-0.25, -0.2) is 0 Å². The smallest absolute Gasteiger partial charge is 0.237 e. The van der Waals surface area contributed by atoms with E-state index in [1.165, 1.54) is 25.0 Å². The lowest BCUT2D eigenvalue weighted by Gasteiger charge is -2.31. The summed E-state index contributed by atoms with van der Waals surface area (Å²) < 4.78 is 0. The van der Waals surface area contributed by atoms with Crippen molar-refractivity contribution < 1.29 is 4.79 Å². The molecular weight excluding hydrogens is 220 g/mol. The lowest BCUT2D eigenvalue weighted by atomic mass is 9.92. The lowest BCUT2D eigenvalue weighted by Crippen LogP contribution is -2.53. The average molecular weight is 242 g/mol. The number of carbonyl (C=O) groups is 1. The van der Waals surface area contributed by atoms with Crippen molar-refractivity contribution in [2.24, 2.45) is 5.92 Å². The van der Waals surface area contributed by atoms with E-state index in [9.17, 15) is 4.79 Å². The molecule has 2 saturated heterocycles. The van der Waals surface area contributed by atoms with Crippen LogP contribution in [0.3, 0.4) is 0 Å². The van der Waals surface area contributed by atoms with Gasteiger partial charge < -0.3 is 10.6 Å². The molecule has 0 aliphatic carbocycles. The Hall–Kier alpha value is -0.220. The average Bonchev–Trinajstić information content (AvgIpc) is 2.31. The molecule has 16 heavy (non-hydrogen) atoms. The zero-order valence-electron chi connectivity index (χ0n) is 10.00. The second-order valence-electron chi connectivity index (χ2n) is 4.97. The third kappa shape index (κ3) is 3.14. The minimum atomic E-state index is 0.0423. The van der Waals surface area contributed by atoms with Gasteiger partial charge in [0.05, 0.1) is 6.04 Å². The van der Waals surface area contributed by atoms with E-state index in [0.717, 1.165) is 18.7 Å². The minimum absolute atomic E-state index is 0.0423. The third-order valence-corrected chi connectivity index (χ3v) is 4.77. The molecule has 2 rings (SSSR count). The molecule has 2 aliphatic rings. The molecular formula is C12H22N2OS. The normalized spacial score (nSPS) is 35.7. The molecule has 4 heteroatoms. The van der Waals surface area contributed by atoms with Crippen molar-refractivity contribution in [2.75, 3.05) is 18.1 Å². The molecule has 0 spiro atoms. The number of hydrogen-bond acceptors (Lipinski definition) is 3. The Labute approximate surface area is 102 Å². The highest BCUT2D eigenvalue weighted by Crippen LogP contribution is 2.19. The summed E-state index contributed by atoms with van der Waals surface area (Å²) in [6.07, 6.45) is 4.76. The number of rotatable bonds is 2. The van der Waals surface area contributed by atoms with E-state index in [2.05, 4.69) is 17.6 Å². The molecule has 3 atom stereocenters. The van der Waals surface area contributed by atoms with Crippen molar-refractivity contribution in [1.29, 1.82) is 0 Å². The first kappa shape index (κ1) is 12.2. The Morgan fingerprint density at radius 2 is 2.25 bits per heavy atom. The summed E-state index contributed by atoms with van der Waals surface area (Å²) in [5.41, 5.74) is 0. The molecule has 0 radical (unpaired) electrons. The predicted octanol–water partition coefficient (Wildman–Crippen LogP) is 1.39. The van der Waals surface area contributed by atoms with Gasteiger partial charge in [0.25, 0.3) is 0 Å². The lowest BCUT2D eigenvalue weighted by molar-refractivity contribution is -0.125.